The SMILES string of the molecule is O=C(Nc1ncccc1N1CCOCC1)NC1CCC(C(=O)O)CC1. The van der Waals surface area contributed by atoms with E-state index in [0.717, 1.165) is 18.8 Å². The number of rotatable bonds is 4. The number of hydrogen-bond acceptors (Lipinski definition) is 5. The Morgan fingerprint density at radius 2 is 1.92 bits per heavy atom. The Kier molecular flexibility index (Phi) is 5.70. The molecule has 1 aliphatic carbocycles. The summed E-state index contributed by atoms with van der Waals surface area (Å²) < 4.78 is 5.36. The maximum atomic E-state index is 12.3. The van der Waals surface area contributed by atoms with E-state index in [-0.39, 0.29) is 18.0 Å². The number of amides is 2. The highest BCUT2D eigenvalue weighted by Crippen LogP contribution is 2.26. The minimum absolute atomic E-state index is 0.00569. The van der Waals surface area contributed by atoms with Crippen LogP contribution < -0.4 is 15.5 Å². The number of carbonyl (C=O) groups is 2. The van der Waals surface area contributed by atoms with Gasteiger partial charge in [-0.25, -0.2) is 9.78 Å². The van der Waals surface area contributed by atoms with Crippen molar-refractivity contribution in [2.75, 3.05) is 36.5 Å². The normalized spacial score (nSPS) is 23.8. The molecule has 0 radical (unpaired) electrons. The van der Waals surface area contributed by atoms with Crippen molar-refractivity contribution in [1.82, 2.24) is 10.3 Å². The van der Waals surface area contributed by atoms with Gasteiger partial charge in [0.2, 0.25) is 0 Å². The summed E-state index contributed by atoms with van der Waals surface area (Å²) in [7, 11) is 0. The Labute approximate surface area is 146 Å². The summed E-state index contributed by atoms with van der Waals surface area (Å²) in [5, 5.41) is 14.8. The molecule has 1 saturated heterocycles. The van der Waals surface area contributed by atoms with Crippen molar-refractivity contribution in [2.45, 2.75) is 31.7 Å². The monoisotopic (exact) mass is 348 g/mol. The fourth-order valence-corrected chi connectivity index (χ4v) is 3.37. The van der Waals surface area contributed by atoms with Crippen LogP contribution in [-0.2, 0) is 9.53 Å². The van der Waals surface area contributed by atoms with Gasteiger partial charge in [0.15, 0.2) is 5.82 Å². The predicted molar refractivity (Wildman–Crippen MR) is 92.8 cm³/mol. The van der Waals surface area contributed by atoms with E-state index in [1.807, 2.05) is 12.1 Å². The molecule has 1 aliphatic heterocycles. The molecule has 0 atom stereocenters. The summed E-state index contributed by atoms with van der Waals surface area (Å²) in [6, 6.07) is 3.49. The topological polar surface area (TPSA) is 104 Å². The quantitative estimate of drug-likeness (QED) is 0.765. The van der Waals surface area contributed by atoms with Gasteiger partial charge in [0, 0.05) is 25.3 Å². The van der Waals surface area contributed by atoms with E-state index < -0.39 is 5.97 Å². The van der Waals surface area contributed by atoms with Crippen molar-refractivity contribution in [1.29, 1.82) is 0 Å². The van der Waals surface area contributed by atoms with Crippen LogP contribution >= 0.6 is 0 Å². The largest absolute Gasteiger partial charge is 0.481 e. The van der Waals surface area contributed by atoms with E-state index >= 15 is 0 Å². The van der Waals surface area contributed by atoms with Crippen molar-refractivity contribution >= 4 is 23.5 Å². The van der Waals surface area contributed by atoms with Crippen molar-refractivity contribution < 1.29 is 19.4 Å². The third-order valence-corrected chi connectivity index (χ3v) is 4.78. The van der Waals surface area contributed by atoms with Crippen molar-refractivity contribution in [3.63, 3.8) is 0 Å². The lowest BCUT2D eigenvalue weighted by molar-refractivity contribution is -0.142. The second-order valence-electron chi connectivity index (χ2n) is 6.46. The molecule has 2 fully saturated rings. The third-order valence-electron chi connectivity index (χ3n) is 4.78. The molecule has 0 aromatic carbocycles. The van der Waals surface area contributed by atoms with Crippen LogP contribution in [0.25, 0.3) is 0 Å². The number of nitrogens with zero attached hydrogens (tertiary/aromatic N) is 2. The zero-order valence-corrected chi connectivity index (χ0v) is 14.1. The molecular formula is C17H24N4O4. The van der Waals surface area contributed by atoms with E-state index in [9.17, 15) is 9.59 Å². The number of ether oxygens (including phenoxy) is 1. The lowest BCUT2D eigenvalue weighted by Gasteiger charge is -2.30. The van der Waals surface area contributed by atoms with Gasteiger partial charge in [-0.15, -0.1) is 0 Å². The van der Waals surface area contributed by atoms with Gasteiger partial charge < -0.3 is 20.1 Å². The molecule has 136 valence electrons. The summed E-state index contributed by atoms with van der Waals surface area (Å²) in [4.78, 5) is 29.7. The average Bonchev–Trinajstić information content (AvgIpc) is 2.63. The lowest BCUT2D eigenvalue weighted by Crippen LogP contribution is -2.42. The van der Waals surface area contributed by atoms with Gasteiger partial charge in [-0.3, -0.25) is 10.1 Å². The number of carboxylic acids is 1. The number of anilines is 2. The highest BCUT2D eigenvalue weighted by Gasteiger charge is 2.27. The fourth-order valence-electron chi connectivity index (χ4n) is 3.37. The number of nitrogens with one attached hydrogen (secondary N) is 2. The van der Waals surface area contributed by atoms with Crippen LogP contribution in [0.2, 0.25) is 0 Å². The predicted octanol–water partition coefficient (Wildman–Crippen LogP) is 1.68. The molecule has 8 heteroatoms. The lowest BCUT2D eigenvalue weighted by atomic mass is 9.86. The van der Waals surface area contributed by atoms with Gasteiger partial charge in [0.25, 0.3) is 0 Å². The average molecular weight is 348 g/mol. The first-order chi connectivity index (χ1) is 12.1. The number of morpholine rings is 1. The number of aliphatic carboxylic acids is 1. The highest BCUT2D eigenvalue weighted by atomic mass is 16.5. The number of aromatic nitrogens is 1. The maximum absolute atomic E-state index is 12.3. The smallest absolute Gasteiger partial charge is 0.320 e. The second kappa shape index (κ2) is 8.15. The zero-order valence-electron chi connectivity index (χ0n) is 14.1. The summed E-state index contributed by atoms with van der Waals surface area (Å²) in [6.45, 7) is 2.85. The van der Waals surface area contributed by atoms with E-state index in [1.54, 1.807) is 6.20 Å². The Morgan fingerprint density at radius 1 is 1.20 bits per heavy atom. The fraction of sp³-hybridized carbons (Fsp3) is 0.588. The zero-order chi connectivity index (χ0) is 17.6. The molecule has 3 rings (SSSR count). The third kappa shape index (κ3) is 4.60. The number of carbonyl (C=O) groups excluding carboxylic acids is 1. The number of hydrogen-bond donors (Lipinski definition) is 3. The van der Waals surface area contributed by atoms with E-state index in [0.29, 0.717) is 44.7 Å². The van der Waals surface area contributed by atoms with Crippen LogP contribution in [-0.4, -0.2) is 54.4 Å². The van der Waals surface area contributed by atoms with Crippen LogP contribution in [0.3, 0.4) is 0 Å². The standard InChI is InChI=1S/C17H24N4O4/c22-16(23)12-3-5-13(6-4-12)19-17(24)20-15-14(2-1-7-18-15)21-8-10-25-11-9-21/h1-2,7,12-13H,3-6,8-11H2,(H,22,23)(H2,18,19,20,24). The van der Waals surface area contributed by atoms with Crippen LogP contribution in [0.1, 0.15) is 25.7 Å². The number of urea groups is 1. The van der Waals surface area contributed by atoms with Gasteiger partial charge in [-0.1, -0.05) is 0 Å². The Morgan fingerprint density at radius 3 is 2.60 bits per heavy atom. The molecule has 3 N–H and O–H groups in total. The molecule has 1 saturated carbocycles. The summed E-state index contributed by atoms with van der Waals surface area (Å²) in [5.41, 5.74) is 0.885. The van der Waals surface area contributed by atoms with Gasteiger partial charge in [-0.2, -0.15) is 0 Å². The molecule has 8 nitrogen and oxygen atoms in total. The first kappa shape index (κ1) is 17.5. The van der Waals surface area contributed by atoms with Crippen LogP contribution in [0.4, 0.5) is 16.3 Å². The van der Waals surface area contributed by atoms with Crippen LogP contribution in [0.15, 0.2) is 18.3 Å². The first-order valence-electron chi connectivity index (χ1n) is 8.71. The van der Waals surface area contributed by atoms with Gasteiger partial charge in [0.05, 0.1) is 24.8 Å². The summed E-state index contributed by atoms with van der Waals surface area (Å²) >= 11 is 0. The molecule has 2 heterocycles. The Bertz CT molecular complexity index is 610. The molecule has 25 heavy (non-hydrogen) atoms. The van der Waals surface area contributed by atoms with Gasteiger partial charge >= 0.3 is 12.0 Å². The van der Waals surface area contributed by atoms with E-state index in [1.165, 1.54) is 0 Å². The summed E-state index contributed by atoms with van der Waals surface area (Å²) in [6.07, 6.45) is 4.22. The first-order valence-corrected chi connectivity index (χ1v) is 8.71. The molecule has 1 aromatic heterocycles. The molecule has 0 unspecified atom stereocenters. The minimum Gasteiger partial charge on any atom is -0.481 e. The van der Waals surface area contributed by atoms with Crippen LogP contribution in [0, 0.1) is 5.92 Å². The molecule has 0 spiro atoms. The van der Waals surface area contributed by atoms with Crippen molar-refractivity contribution in [3.8, 4) is 0 Å². The molecule has 2 aliphatic rings. The van der Waals surface area contributed by atoms with E-state index in [2.05, 4.69) is 20.5 Å². The Hall–Kier alpha value is -2.35. The van der Waals surface area contributed by atoms with Gasteiger partial charge in [-0.05, 0) is 37.8 Å². The van der Waals surface area contributed by atoms with Crippen LogP contribution in [0.5, 0.6) is 0 Å². The number of carboxylic acid groups (broad SMARTS) is 1. The van der Waals surface area contributed by atoms with Crippen molar-refractivity contribution in [2.24, 2.45) is 5.92 Å². The molecule has 2 amide bonds. The van der Waals surface area contributed by atoms with E-state index in [4.69, 9.17) is 9.84 Å². The van der Waals surface area contributed by atoms with Crippen molar-refractivity contribution in [3.05, 3.63) is 18.3 Å². The maximum Gasteiger partial charge on any atom is 0.320 e. The molecule has 1 aromatic rings. The van der Waals surface area contributed by atoms with Gasteiger partial charge in [0.1, 0.15) is 0 Å². The summed E-state index contributed by atoms with van der Waals surface area (Å²) in [5.74, 6) is -0.502. The minimum atomic E-state index is -0.744. The number of pyridine rings is 1. The Balaban J connectivity index is 1.55. The highest BCUT2D eigenvalue weighted by molar-refractivity contribution is 5.91. The molecule has 0 bridgehead atoms. The molecular weight excluding hydrogens is 324 g/mol. The second-order valence-corrected chi connectivity index (χ2v) is 6.46.